The van der Waals surface area contributed by atoms with Crippen molar-refractivity contribution in [1.29, 1.82) is 0 Å². The van der Waals surface area contributed by atoms with Crippen molar-refractivity contribution in [3.05, 3.63) is 0 Å². The maximum atomic E-state index is 12.1. The molecule has 0 saturated heterocycles. The minimum atomic E-state index is -0.693. The van der Waals surface area contributed by atoms with Crippen LogP contribution in [0.5, 0.6) is 0 Å². The Balaban J connectivity index is 2.48. The fourth-order valence-electron chi connectivity index (χ4n) is 2.45. The van der Waals surface area contributed by atoms with E-state index in [2.05, 4.69) is 5.32 Å². The van der Waals surface area contributed by atoms with E-state index in [4.69, 9.17) is 10.5 Å². The summed E-state index contributed by atoms with van der Waals surface area (Å²) in [5.74, 6) is -0.0146. The third-order valence-electron chi connectivity index (χ3n) is 3.74. The number of amides is 1. The van der Waals surface area contributed by atoms with Crippen LogP contribution in [0.1, 0.15) is 33.1 Å². The number of ether oxygens (including phenoxy) is 1. The van der Waals surface area contributed by atoms with Crippen LogP contribution in [0.25, 0.3) is 0 Å². The molecule has 5 heteroatoms. The molecule has 18 heavy (non-hydrogen) atoms. The van der Waals surface area contributed by atoms with Gasteiger partial charge < -0.3 is 15.8 Å². The van der Waals surface area contributed by atoms with Gasteiger partial charge in [-0.25, -0.2) is 0 Å². The van der Waals surface area contributed by atoms with Gasteiger partial charge in [-0.2, -0.15) is 0 Å². The molecule has 0 heterocycles. The molecular weight excluding hydrogens is 232 g/mol. The summed E-state index contributed by atoms with van der Waals surface area (Å²) in [5, 5.41) is 2.85. The average molecular weight is 256 g/mol. The summed E-state index contributed by atoms with van der Waals surface area (Å²) in [6.07, 6.45) is 2.97. The number of hydrogen-bond donors (Lipinski definition) is 2. The molecule has 3 N–H and O–H groups in total. The maximum Gasteiger partial charge on any atom is 0.313 e. The fraction of sp³-hybridized carbons (Fsp3) is 0.846. The summed E-state index contributed by atoms with van der Waals surface area (Å²) in [6.45, 7) is 4.37. The molecular formula is C13H24N2O3. The zero-order valence-corrected chi connectivity index (χ0v) is 11.5. The Hall–Kier alpha value is -1.10. The summed E-state index contributed by atoms with van der Waals surface area (Å²) < 4.78 is 4.70. The zero-order chi connectivity index (χ0) is 13.8. The molecule has 5 nitrogen and oxygen atoms in total. The first kappa shape index (κ1) is 15.0. The number of rotatable bonds is 5. The SMILES string of the molecule is COC(=O)C(C)(C)CNC(=O)[C@@H]1CCC[C@@H]1CN. The van der Waals surface area contributed by atoms with Gasteiger partial charge in [-0.15, -0.1) is 0 Å². The second-order valence-electron chi connectivity index (χ2n) is 5.63. The van der Waals surface area contributed by atoms with Crippen molar-refractivity contribution in [3.8, 4) is 0 Å². The highest BCUT2D eigenvalue weighted by atomic mass is 16.5. The molecule has 1 saturated carbocycles. The monoisotopic (exact) mass is 256 g/mol. The van der Waals surface area contributed by atoms with Crippen LogP contribution < -0.4 is 11.1 Å². The number of methoxy groups -OCH3 is 1. The third kappa shape index (κ3) is 3.45. The highest BCUT2D eigenvalue weighted by molar-refractivity contribution is 5.81. The summed E-state index contributed by atoms with van der Waals surface area (Å²) in [6, 6.07) is 0. The van der Waals surface area contributed by atoms with Crippen LogP contribution in [0, 0.1) is 17.3 Å². The van der Waals surface area contributed by atoms with Crippen molar-refractivity contribution in [3.63, 3.8) is 0 Å². The Labute approximate surface area is 108 Å². The summed E-state index contributed by atoms with van der Waals surface area (Å²) >= 11 is 0. The van der Waals surface area contributed by atoms with Gasteiger partial charge in [-0.05, 0) is 39.2 Å². The molecule has 0 aliphatic heterocycles. The first-order valence-corrected chi connectivity index (χ1v) is 6.48. The lowest BCUT2D eigenvalue weighted by atomic mass is 9.92. The van der Waals surface area contributed by atoms with E-state index in [0.29, 0.717) is 13.1 Å². The summed E-state index contributed by atoms with van der Waals surface area (Å²) in [4.78, 5) is 23.5. The second-order valence-corrected chi connectivity index (χ2v) is 5.63. The molecule has 2 atom stereocenters. The predicted octanol–water partition coefficient (Wildman–Crippen LogP) is 0.677. The average Bonchev–Trinajstić information content (AvgIpc) is 2.83. The molecule has 1 fully saturated rings. The Bertz CT molecular complexity index is 315. The Morgan fingerprint density at radius 3 is 2.61 bits per heavy atom. The molecule has 0 bridgehead atoms. The Kier molecular flexibility index (Phi) is 5.14. The largest absolute Gasteiger partial charge is 0.469 e. The van der Waals surface area contributed by atoms with Crippen LogP contribution in [0.15, 0.2) is 0 Å². The molecule has 0 unspecified atom stereocenters. The number of carbonyl (C=O) groups excluding carboxylic acids is 2. The molecule has 0 spiro atoms. The minimum absolute atomic E-state index is 0.00319. The van der Waals surface area contributed by atoms with Gasteiger partial charge in [0.2, 0.25) is 5.91 Å². The van der Waals surface area contributed by atoms with Crippen LogP contribution in [-0.4, -0.2) is 32.1 Å². The van der Waals surface area contributed by atoms with E-state index in [-0.39, 0.29) is 23.7 Å². The highest BCUT2D eigenvalue weighted by Gasteiger charge is 2.34. The molecule has 0 aromatic rings. The topological polar surface area (TPSA) is 81.4 Å². The van der Waals surface area contributed by atoms with E-state index in [1.807, 2.05) is 0 Å². The van der Waals surface area contributed by atoms with Crippen LogP contribution in [0.3, 0.4) is 0 Å². The first-order valence-electron chi connectivity index (χ1n) is 6.48. The van der Waals surface area contributed by atoms with Crippen molar-refractivity contribution in [2.75, 3.05) is 20.2 Å². The normalized spacial score (nSPS) is 23.8. The quantitative estimate of drug-likeness (QED) is 0.709. The first-order chi connectivity index (χ1) is 8.42. The number of nitrogens with two attached hydrogens (primary N) is 1. The van der Waals surface area contributed by atoms with Crippen molar-refractivity contribution in [1.82, 2.24) is 5.32 Å². The second kappa shape index (κ2) is 6.18. The molecule has 0 aromatic heterocycles. The molecule has 104 valence electrons. The van der Waals surface area contributed by atoms with E-state index in [0.717, 1.165) is 19.3 Å². The smallest absolute Gasteiger partial charge is 0.313 e. The lowest BCUT2D eigenvalue weighted by Gasteiger charge is -2.24. The lowest BCUT2D eigenvalue weighted by Crippen LogP contribution is -2.43. The number of hydrogen-bond acceptors (Lipinski definition) is 4. The zero-order valence-electron chi connectivity index (χ0n) is 11.5. The van der Waals surface area contributed by atoms with Crippen molar-refractivity contribution >= 4 is 11.9 Å². The molecule has 1 aliphatic carbocycles. The fourth-order valence-corrected chi connectivity index (χ4v) is 2.45. The number of carbonyl (C=O) groups is 2. The minimum Gasteiger partial charge on any atom is -0.469 e. The van der Waals surface area contributed by atoms with Gasteiger partial charge in [-0.3, -0.25) is 9.59 Å². The third-order valence-corrected chi connectivity index (χ3v) is 3.74. The lowest BCUT2D eigenvalue weighted by molar-refractivity contribution is -0.150. The van der Waals surface area contributed by atoms with Crippen molar-refractivity contribution < 1.29 is 14.3 Å². The van der Waals surface area contributed by atoms with Gasteiger partial charge in [0.05, 0.1) is 12.5 Å². The van der Waals surface area contributed by atoms with Gasteiger partial charge in [0.15, 0.2) is 0 Å². The molecule has 0 radical (unpaired) electrons. The van der Waals surface area contributed by atoms with Crippen molar-refractivity contribution in [2.45, 2.75) is 33.1 Å². The van der Waals surface area contributed by atoms with E-state index in [9.17, 15) is 9.59 Å². The van der Waals surface area contributed by atoms with E-state index in [1.165, 1.54) is 7.11 Å². The van der Waals surface area contributed by atoms with Crippen LogP contribution >= 0.6 is 0 Å². The number of nitrogens with one attached hydrogen (secondary N) is 1. The predicted molar refractivity (Wildman–Crippen MR) is 68.7 cm³/mol. The molecule has 0 aromatic carbocycles. The van der Waals surface area contributed by atoms with Crippen LogP contribution in [-0.2, 0) is 14.3 Å². The van der Waals surface area contributed by atoms with E-state index < -0.39 is 5.41 Å². The highest BCUT2D eigenvalue weighted by Crippen LogP contribution is 2.31. The van der Waals surface area contributed by atoms with Crippen LogP contribution in [0.4, 0.5) is 0 Å². The van der Waals surface area contributed by atoms with Crippen LogP contribution in [0.2, 0.25) is 0 Å². The van der Waals surface area contributed by atoms with Gasteiger partial charge in [-0.1, -0.05) is 6.42 Å². The molecule has 1 rings (SSSR count). The standard InChI is InChI=1S/C13H24N2O3/c1-13(2,12(17)18-3)8-15-11(16)10-6-4-5-9(10)7-14/h9-10H,4-8,14H2,1-3H3,(H,15,16)/t9-,10-/m1/s1. The van der Waals surface area contributed by atoms with E-state index >= 15 is 0 Å². The van der Waals surface area contributed by atoms with Gasteiger partial charge >= 0.3 is 5.97 Å². The number of esters is 1. The van der Waals surface area contributed by atoms with Crippen molar-refractivity contribution in [2.24, 2.45) is 23.0 Å². The Morgan fingerprint density at radius 1 is 1.39 bits per heavy atom. The van der Waals surface area contributed by atoms with E-state index in [1.54, 1.807) is 13.8 Å². The van der Waals surface area contributed by atoms with Gasteiger partial charge in [0.1, 0.15) is 0 Å². The summed E-state index contributed by atoms with van der Waals surface area (Å²) in [5.41, 5.74) is 4.97. The summed E-state index contributed by atoms with van der Waals surface area (Å²) in [7, 11) is 1.35. The Morgan fingerprint density at radius 2 is 2.06 bits per heavy atom. The van der Waals surface area contributed by atoms with Gasteiger partial charge in [0.25, 0.3) is 0 Å². The van der Waals surface area contributed by atoms with Gasteiger partial charge in [0, 0.05) is 12.5 Å². The molecule has 1 aliphatic rings. The molecule has 1 amide bonds. The maximum absolute atomic E-state index is 12.1.